The number of nitrogens with one attached hydrogen (secondary N) is 1. The number of halogens is 1. The first-order chi connectivity index (χ1) is 14.5. The van der Waals surface area contributed by atoms with Crippen molar-refractivity contribution in [2.24, 2.45) is 0 Å². The van der Waals surface area contributed by atoms with Gasteiger partial charge in [-0.15, -0.1) is 21.5 Å². The fourth-order valence-corrected chi connectivity index (χ4v) is 4.99. The summed E-state index contributed by atoms with van der Waals surface area (Å²) < 4.78 is 8.13. The van der Waals surface area contributed by atoms with Gasteiger partial charge in [-0.1, -0.05) is 11.8 Å². The number of ether oxygens (including phenoxy) is 1. The van der Waals surface area contributed by atoms with Gasteiger partial charge in [-0.05, 0) is 58.7 Å². The van der Waals surface area contributed by atoms with Crippen molar-refractivity contribution in [1.82, 2.24) is 20.1 Å². The molecule has 0 fully saturated rings. The van der Waals surface area contributed by atoms with E-state index in [2.05, 4.69) is 31.4 Å². The molecule has 1 N–H and O–H groups in total. The van der Waals surface area contributed by atoms with E-state index in [0.29, 0.717) is 23.0 Å². The van der Waals surface area contributed by atoms with Crippen molar-refractivity contribution in [2.75, 3.05) is 19.4 Å². The van der Waals surface area contributed by atoms with Crippen LogP contribution in [-0.2, 0) is 11.2 Å². The summed E-state index contributed by atoms with van der Waals surface area (Å²) in [5, 5.41) is 12.1. The summed E-state index contributed by atoms with van der Waals surface area (Å²) in [5.74, 6) is 1.80. The van der Waals surface area contributed by atoms with Crippen molar-refractivity contribution in [3.63, 3.8) is 0 Å². The average Bonchev–Trinajstić information content (AvgIpc) is 3.35. The third-order valence-corrected chi connectivity index (χ3v) is 6.76. The van der Waals surface area contributed by atoms with Gasteiger partial charge in [0.25, 0.3) is 0 Å². The lowest BCUT2D eigenvalue weighted by molar-refractivity contribution is -0.118. The van der Waals surface area contributed by atoms with E-state index in [1.54, 1.807) is 7.11 Å². The Hall–Kier alpha value is -2.17. The van der Waals surface area contributed by atoms with Gasteiger partial charge in [-0.3, -0.25) is 14.2 Å². The monoisotopic (exact) mass is 508 g/mol. The van der Waals surface area contributed by atoms with E-state index >= 15 is 0 Å². The zero-order valence-electron chi connectivity index (χ0n) is 16.6. The Labute approximate surface area is 191 Å². The molecule has 10 heteroatoms. The predicted octanol–water partition coefficient (Wildman–Crippen LogP) is 4.14. The van der Waals surface area contributed by atoms with Crippen LogP contribution < -0.4 is 10.1 Å². The van der Waals surface area contributed by atoms with Crippen molar-refractivity contribution in [3.05, 3.63) is 50.9 Å². The number of amides is 1. The Kier molecular flexibility index (Phi) is 8.06. The van der Waals surface area contributed by atoms with Gasteiger partial charge in [0.15, 0.2) is 10.9 Å². The maximum atomic E-state index is 12.5. The van der Waals surface area contributed by atoms with Crippen molar-refractivity contribution >= 4 is 50.7 Å². The second-order valence-electron chi connectivity index (χ2n) is 6.33. The van der Waals surface area contributed by atoms with Gasteiger partial charge in [0.05, 0.1) is 21.5 Å². The van der Waals surface area contributed by atoms with Gasteiger partial charge >= 0.3 is 0 Å². The predicted molar refractivity (Wildman–Crippen MR) is 122 cm³/mol. The van der Waals surface area contributed by atoms with Gasteiger partial charge in [0.2, 0.25) is 5.91 Å². The van der Waals surface area contributed by atoms with Crippen LogP contribution in [0.2, 0.25) is 0 Å². The van der Waals surface area contributed by atoms with Crippen molar-refractivity contribution in [1.29, 1.82) is 0 Å². The second-order valence-corrected chi connectivity index (χ2v) is 9.74. The highest BCUT2D eigenvalue weighted by Gasteiger charge is 2.17. The van der Waals surface area contributed by atoms with Gasteiger partial charge in [0, 0.05) is 25.6 Å². The molecule has 1 aromatic carbocycles. The number of carbonyl (C=O) groups excluding carboxylic acids is 2. The highest BCUT2D eigenvalue weighted by molar-refractivity contribution is 9.11. The van der Waals surface area contributed by atoms with Crippen molar-refractivity contribution in [3.8, 4) is 11.4 Å². The van der Waals surface area contributed by atoms with E-state index in [1.165, 1.54) is 30.0 Å². The van der Waals surface area contributed by atoms with Gasteiger partial charge in [-0.25, -0.2) is 0 Å². The van der Waals surface area contributed by atoms with E-state index in [1.807, 2.05) is 41.0 Å². The fraction of sp³-hybridized carbons (Fsp3) is 0.300. The molecule has 0 saturated heterocycles. The molecule has 0 aliphatic carbocycles. The van der Waals surface area contributed by atoms with Gasteiger partial charge < -0.3 is 10.1 Å². The highest BCUT2D eigenvalue weighted by Crippen LogP contribution is 2.27. The lowest BCUT2D eigenvalue weighted by Crippen LogP contribution is -2.21. The van der Waals surface area contributed by atoms with Crippen LogP contribution in [0.5, 0.6) is 5.75 Å². The molecule has 0 aliphatic heterocycles. The maximum Gasteiger partial charge on any atom is 0.216 e. The van der Waals surface area contributed by atoms with E-state index in [4.69, 9.17) is 4.74 Å². The van der Waals surface area contributed by atoms with Crippen molar-refractivity contribution in [2.45, 2.75) is 24.9 Å². The molecule has 0 spiro atoms. The van der Waals surface area contributed by atoms with E-state index in [0.717, 1.165) is 27.5 Å². The van der Waals surface area contributed by atoms with Crippen LogP contribution in [0.15, 0.2) is 45.3 Å². The number of hydrogen-bond donors (Lipinski definition) is 1. The Balaban J connectivity index is 1.78. The number of ketones is 1. The lowest BCUT2D eigenvalue weighted by atomic mass is 10.2. The van der Waals surface area contributed by atoms with Crippen molar-refractivity contribution < 1.29 is 14.3 Å². The number of aromatic nitrogens is 3. The van der Waals surface area contributed by atoms with Gasteiger partial charge in [-0.2, -0.15) is 0 Å². The molecule has 0 unspecified atom stereocenters. The van der Waals surface area contributed by atoms with E-state index < -0.39 is 0 Å². The summed E-state index contributed by atoms with van der Waals surface area (Å²) in [4.78, 5) is 24.3. The Morgan fingerprint density at radius 1 is 1.20 bits per heavy atom. The summed E-state index contributed by atoms with van der Waals surface area (Å²) >= 11 is 6.17. The Morgan fingerprint density at radius 2 is 1.97 bits per heavy atom. The molecule has 0 bridgehead atoms. The molecule has 0 radical (unpaired) electrons. The molecule has 158 valence electrons. The first-order valence-electron chi connectivity index (χ1n) is 9.22. The number of benzene rings is 1. The van der Waals surface area contributed by atoms with Crippen LogP contribution in [-0.4, -0.2) is 45.9 Å². The Bertz CT molecular complexity index is 1020. The number of Topliss-reactive ketones (excluding diaryl/α,β-unsaturated/α-hetero) is 1. The fourth-order valence-electron chi connectivity index (χ4n) is 2.72. The number of carbonyl (C=O) groups is 2. The first kappa shape index (κ1) is 22.5. The molecule has 2 heterocycles. The zero-order chi connectivity index (χ0) is 21.5. The summed E-state index contributed by atoms with van der Waals surface area (Å²) in [6.07, 6.45) is 1.38. The van der Waals surface area contributed by atoms with Crippen LogP contribution in [0, 0.1) is 0 Å². The van der Waals surface area contributed by atoms with Crippen LogP contribution in [0.3, 0.4) is 0 Å². The highest BCUT2D eigenvalue weighted by atomic mass is 79.9. The lowest BCUT2D eigenvalue weighted by Gasteiger charge is -2.11. The number of hydrogen-bond acceptors (Lipinski definition) is 7. The minimum Gasteiger partial charge on any atom is -0.497 e. The van der Waals surface area contributed by atoms with Crippen LogP contribution in [0.25, 0.3) is 5.69 Å². The zero-order valence-corrected chi connectivity index (χ0v) is 19.8. The molecular weight excluding hydrogens is 488 g/mol. The van der Waals surface area contributed by atoms with Gasteiger partial charge in [0.1, 0.15) is 11.6 Å². The topological polar surface area (TPSA) is 86.1 Å². The van der Waals surface area contributed by atoms with Crippen LogP contribution >= 0.6 is 39.0 Å². The normalized spacial score (nSPS) is 10.8. The number of thiophene rings is 1. The summed E-state index contributed by atoms with van der Waals surface area (Å²) in [7, 11) is 1.62. The molecule has 7 nitrogen and oxygen atoms in total. The Morgan fingerprint density at radius 3 is 2.60 bits per heavy atom. The third-order valence-electron chi connectivity index (χ3n) is 4.16. The molecule has 1 amide bonds. The number of methoxy groups -OCH3 is 1. The third kappa shape index (κ3) is 5.93. The molecule has 0 aliphatic rings. The second kappa shape index (κ2) is 10.7. The number of thioether (sulfide) groups is 1. The first-order valence-corrected chi connectivity index (χ1v) is 11.8. The SMILES string of the molecule is COc1ccc(-n2c(CCCNC(C)=O)nnc2SCC(=O)c2ccc(Br)s2)cc1. The minimum absolute atomic E-state index is 0.0483. The molecule has 0 atom stereocenters. The molecule has 0 saturated carbocycles. The maximum absolute atomic E-state index is 12.5. The smallest absolute Gasteiger partial charge is 0.216 e. The molecular formula is C20H21BrN4O3S2. The summed E-state index contributed by atoms with van der Waals surface area (Å²) in [6, 6.07) is 11.3. The molecule has 3 aromatic rings. The largest absolute Gasteiger partial charge is 0.497 e. The number of rotatable bonds is 10. The number of aryl methyl sites for hydroxylation is 1. The minimum atomic E-state index is -0.0541. The van der Waals surface area contributed by atoms with Crippen LogP contribution in [0.1, 0.15) is 28.8 Å². The quantitative estimate of drug-likeness (QED) is 0.251. The summed E-state index contributed by atoms with van der Waals surface area (Å²) in [6.45, 7) is 2.07. The molecule has 30 heavy (non-hydrogen) atoms. The molecule has 3 rings (SSSR count). The molecule has 2 aromatic heterocycles. The standard InChI is InChI=1S/C20H21BrN4O3S2/c1-13(26)22-11-3-4-19-23-24-20(25(19)14-5-7-15(28-2)8-6-14)29-12-16(27)17-9-10-18(21)30-17/h5-10H,3-4,11-12H2,1-2H3,(H,22,26). The summed E-state index contributed by atoms with van der Waals surface area (Å²) in [5.41, 5.74) is 0.893. The van der Waals surface area contributed by atoms with E-state index in [-0.39, 0.29) is 17.4 Å². The van der Waals surface area contributed by atoms with E-state index in [9.17, 15) is 9.59 Å². The average molecular weight is 509 g/mol. The van der Waals surface area contributed by atoms with Crippen LogP contribution in [0.4, 0.5) is 0 Å². The number of nitrogens with zero attached hydrogens (tertiary/aromatic N) is 3.